The van der Waals surface area contributed by atoms with Crippen LogP contribution in [0.4, 0.5) is 5.82 Å². The summed E-state index contributed by atoms with van der Waals surface area (Å²) in [5, 5.41) is 22.5. The highest BCUT2D eigenvalue weighted by atomic mass is 32.1. The molecule has 3 N–H and O–H groups in total. The SMILES string of the molecule is CNC(=O)CCC(C=O)N1Cc2c(csc2COc2ccc(CNCCCCCCCc3ccc(-c4cc(N5CCN(CCO)CC5)n5nc(C)c(-c6ccccc6)c5n4)cc3)cc2)C1=O. The van der Waals surface area contributed by atoms with Crippen LogP contribution in [0.1, 0.15) is 82.6 Å². The van der Waals surface area contributed by atoms with Crippen molar-refractivity contribution < 1.29 is 24.2 Å². The molecule has 0 aliphatic carbocycles. The lowest BCUT2D eigenvalue weighted by atomic mass is 10.0. The van der Waals surface area contributed by atoms with Crippen LogP contribution in [0.5, 0.6) is 5.75 Å². The Labute approximate surface area is 391 Å². The third kappa shape index (κ3) is 11.2. The molecule has 1 unspecified atom stereocenters. The van der Waals surface area contributed by atoms with E-state index in [4.69, 9.17) is 14.8 Å². The number of aliphatic hydroxyl groups is 1. The summed E-state index contributed by atoms with van der Waals surface area (Å²) in [4.78, 5) is 49.1. The maximum atomic E-state index is 13.0. The van der Waals surface area contributed by atoms with E-state index in [9.17, 15) is 19.5 Å². The van der Waals surface area contributed by atoms with Gasteiger partial charge in [0.2, 0.25) is 5.91 Å². The standard InChI is InChI=1S/C52H62N8O5S/c1-37-50(41-12-8-6-9-13-41)51-55-46(31-49(60(51)56-37)58-27-25-57(26-28-58)29-30-61)40-18-14-38(15-19-40)11-7-4-3-5-10-24-54-32-39-16-21-43(22-17-39)65-35-47-44-33-59(52(64)45(44)36-66-47)42(34-62)20-23-48(63)53-2/h6,8-9,12-19,21-22,31,34,36,42,54,61H,3-5,7,10-11,20,23-30,32-33,35H2,1-2H3,(H,53,63). The van der Waals surface area contributed by atoms with Crippen molar-refractivity contribution in [1.29, 1.82) is 0 Å². The lowest BCUT2D eigenvalue weighted by Gasteiger charge is -2.35. The average molecular weight is 911 g/mol. The first-order valence-corrected chi connectivity index (χ1v) is 24.3. The summed E-state index contributed by atoms with van der Waals surface area (Å²) < 4.78 is 8.13. The monoisotopic (exact) mass is 910 g/mol. The number of hydrogen-bond acceptors (Lipinski definition) is 11. The summed E-state index contributed by atoms with van der Waals surface area (Å²) in [6.45, 7) is 8.95. The zero-order chi connectivity index (χ0) is 45.8. The number of hydrogen-bond donors (Lipinski definition) is 3. The molecule has 0 saturated carbocycles. The molecule has 346 valence electrons. The number of amides is 2. The van der Waals surface area contributed by atoms with Crippen molar-refractivity contribution in [3.63, 3.8) is 0 Å². The van der Waals surface area contributed by atoms with Crippen LogP contribution in [0.25, 0.3) is 28.0 Å². The molecule has 3 aromatic carbocycles. The molecule has 6 aromatic rings. The number of aryl methyl sites for hydroxylation is 2. The zero-order valence-electron chi connectivity index (χ0n) is 38.2. The van der Waals surface area contributed by atoms with Crippen molar-refractivity contribution in [3.05, 3.63) is 123 Å². The molecule has 2 aliphatic rings. The Bertz CT molecular complexity index is 2550. The van der Waals surface area contributed by atoms with E-state index in [1.807, 2.05) is 28.1 Å². The lowest BCUT2D eigenvalue weighted by molar-refractivity contribution is -0.121. The topological polar surface area (TPSA) is 145 Å². The van der Waals surface area contributed by atoms with Gasteiger partial charge in [0.05, 0.1) is 29.6 Å². The summed E-state index contributed by atoms with van der Waals surface area (Å²) in [5.74, 6) is 1.50. The predicted octanol–water partition coefficient (Wildman–Crippen LogP) is 7.46. The molecule has 5 heterocycles. The Morgan fingerprint density at radius 3 is 2.41 bits per heavy atom. The molecule has 13 nitrogen and oxygen atoms in total. The van der Waals surface area contributed by atoms with E-state index in [1.54, 1.807) is 11.9 Å². The van der Waals surface area contributed by atoms with Crippen molar-refractivity contribution in [2.24, 2.45) is 0 Å². The second-order valence-electron chi connectivity index (χ2n) is 17.3. The number of aliphatic hydroxyl groups excluding tert-OH is 1. The number of aldehydes is 1. The molecule has 2 aliphatic heterocycles. The van der Waals surface area contributed by atoms with Crippen LogP contribution in [0.3, 0.4) is 0 Å². The Hall–Kier alpha value is -5.93. The van der Waals surface area contributed by atoms with E-state index in [1.165, 1.54) is 48.1 Å². The lowest BCUT2D eigenvalue weighted by Crippen LogP contribution is -2.47. The van der Waals surface area contributed by atoms with Crippen molar-refractivity contribution in [2.45, 2.75) is 84.0 Å². The number of thiophene rings is 1. The van der Waals surface area contributed by atoms with Crippen molar-refractivity contribution in [3.8, 4) is 28.1 Å². The number of nitrogens with one attached hydrogen (secondary N) is 2. The summed E-state index contributed by atoms with van der Waals surface area (Å²) in [6, 6.07) is 29.1. The summed E-state index contributed by atoms with van der Waals surface area (Å²) in [6.07, 6.45) is 8.24. The van der Waals surface area contributed by atoms with Gasteiger partial charge in [-0.05, 0) is 68.0 Å². The number of carbonyl (C=O) groups is 3. The molecule has 3 aromatic heterocycles. The Morgan fingerprint density at radius 2 is 1.67 bits per heavy atom. The van der Waals surface area contributed by atoms with Crippen LogP contribution in [0.2, 0.25) is 0 Å². The van der Waals surface area contributed by atoms with Crippen LogP contribution in [-0.4, -0.2) is 107 Å². The molecule has 1 atom stereocenters. The predicted molar refractivity (Wildman–Crippen MR) is 261 cm³/mol. The normalized spacial score (nSPS) is 14.5. The third-order valence-electron chi connectivity index (χ3n) is 12.9. The summed E-state index contributed by atoms with van der Waals surface area (Å²) in [5.41, 5.74) is 10.1. The molecule has 2 amide bonds. The van der Waals surface area contributed by atoms with E-state index in [-0.39, 0.29) is 24.8 Å². The van der Waals surface area contributed by atoms with Gasteiger partial charge in [0, 0.05) is 92.3 Å². The van der Waals surface area contributed by atoms with E-state index in [2.05, 4.69) is 94.1 Å². The molecular formula is C52H62N8O5S. The first-order chi connectivity index (χ1) is 32.3. The van der Waals surface area contributed by atoms with Gasteiger partial charge in [-0.3, -0.25) is 14.5 Å². The summed E-state index contributed by atoms with van der Waals surface area (Å²) in [7, 11) is 1.56. The average Bonchev–Trinajstić information content (AvgIpc) is 4.02. The van der Waals surface area contributed by atoms with E-state index < -0.39 is 6.04 Å². The van der Waals surface area contributed by atoms with Gasteiger partial charge < -0.3 is 35.1 Å². The van der Waals surface area contributed by atoms with Crippen LogP contribution in [0, 0.1) is 6.92 Å². The first kappa shape index (κ1) is 46.6. The molecule has 14 heteroatoms. The molecule has 0 spiro atoms. The second kappa shape index (κ2) is 22.5. The highest BCUT2D eigenvalue weighted by Gasteiger charge is 2.35. The quantitative estimate of drug-likeness (QED) is 0.0438. The minimum Gasteiger partial charge on any atom is -0.488 e. The largest absolute Gasteiger partial charge is 0.488 e. The van der Waals surface area contributed by atoms with Gasteiger partial charge in [-0.25, -0.2) is 4.98 Å². The smallest absolute Gasteiger partial charge is 0.255 e. The van der Waals surface area contributed by atoms with Crippen molar-refractivity contribution >= 4 is 40.9 Å². The number of fused-ring (bicyclic) bond motifs is 2. The van der Waals surface area contributed by atoms with E-state index in [0.717, 1.165) is 114 Å². The minimum atomic E-state index is -0.633. The number of rotatable bonds is 23. The van der Waals surface area contributed by atoms with Crippen LogP contribution in [0.15, 0.2) is 90.3 Å². The Morgan fingerprint density at radius 1 is 0.924 bits per heavy atom. The van der Waals surface area contributed by atoms with E-state index >= 15 is 0 Å². The van der Waals surface area contributed by atoms with Crippen LogP contribution < -0.4 is 20.3 Å². The maximum absolute atomic E-state index is 13.0. The zero-order valence-corrected chi connectivity index (χ0v) is 39.0. The van der Waals surface area contributed by atoms with Crippen LogP contribution >= 0.6 is 11.3 Å². The fourth-order valence-corrected chi connectivity index (χ4v) is 10.0. The highest BCUT2D eigenvalue weighted by molar-refractivity contribution is 7.10. The Kier molecular flexibility index (Phi) is 15.9. The maximum Gasteiger partial charge on any atom is 0.255 e. The highest BCUT2D eigenvalue weighted by Crippen LogP contribution is 2.35. The minimum absolute atomic E-state index is 0.152. The number of benzene rings is 3. The second-order valence-corrected chi connectivity index (χ2v) is 18.3. The van der Waals surface area contributed by atoms with Gasteiger partial charge in [-0.1, -0.05) is 86.0 Å². The van der Waals surface area contributed by atoms with Gasteiger partial charge >= 0.3 is 0 Å². The number of nitrogens with zero attached hydrogens (tertiary/aromatic N) is 6. The number of carbonyl (C=O) groups excluding carboxylic acids is 3. The number of unbranched alkanes of at least 4 members (excludes halogenated alkanes) is 4. The number of ether oxygens (including phenoxy) is 1. The molecular weight excluding hydrogens is 849 g/mol. The molecule has 66 heavy (non-hydrogen) atoms. The van der Waals surface area contributed by atoms with Gasteiger partial charge in [0.15, 0.2) is 5.65 Å². The summed E-state index contributed by atoms with van der Waals surface area (Å²) >= 11 is 1.50. The van der Waals surface area contributed by atoms with Crippen LogP contribution in [-0.2, 0) is 35.7 Å². The molecule has 0 radical (unpaired) electrons. The van der Waals surface area contributed by atoms with Gasteiger partial charge in [0.25, 0.3) is 5.91 Å². The van der Waals surface area contributed by atoms with Gasteiger partial charge in [-0.2, -0.15) is 9.61 Å². The van der Waals surface area contributed by atoms with Crippen molar-refractivity contribution in [1.82, 2.24) is 35.0 Å². The fraction of sp³-hybridized carbons (Fsp3) is 0.404. The molecule has 1 fully saturated rings. The fourth-order valence-electron chi connectivity index (χ4n) is 9.07. The number of anilines is 1. The first-order valence-electron chi connectivity index (χ1n) is 23.4. The van der Waals surface area contributed by atoms with Crippen molar-refractivity contribution in [2.75, 3.05) is 57.8 Å². The molecule has 8 rings (SSSR count). The number of piperazine rings is 1. The number of β-amino-alcohol motifs (C(OH)–C–C–N with tert-alkyl or cyclic N) is 1. The number of aromatic nitrogens is 3. The third-order valence-corrected chi connectivity index (χ3v) is 13.9. The molecule has 0 bridgehead atoms. The van der Waals surface area contributed by atoms with Gasteiger partial charge in [0.1, 0.15) is 24.5 Å². The van der Waals surface area contributed by atoms with Gasteiger partial charge in [-0.15, -0.1) is 11.3 Å². The molecule has 1 saturated heterocycles. The van der Waals surface area contributed by atoms with E-state index in [0.29, 0.717) is 31.7 Å². The Balaban J connectivity index is 0.752.